The predicted octanol–water partition coefficient (Wildman–Crippen LogP) is 0.264. The molecule has 1 heterocycles. The molecule has 0 aliphatic carbocycles. The summed E-state index contributed by atoms with van der Waals surface area (Å²) in [6, 6.07) is 0. The molecule has 0 amide bonds. The van der Waals surface area contributed by atoms with Crippen LogP contribution in [0.2, 0.25) is 0 Å². The minimum absolute atomic E-state index is 0.00583. The van der Waals surface area contributed by atoms with Gasteiger partial charge in [0.2, 0.25) is 10.0 Å². The van der Waals surface area contributed by atoms with Crippen molar-refractivity contribution in [2.75, 3.05) is 32.6 Å². The van der Waals surface area contributed by atoms with Crippen molar-refractivity contribution in [3.8, 4) is 0 Å². The molecule has 0 aromatic heterocycles. The van der Waals surface area contributed by atoms with Crippen LogP contribution in [0.25, 0.3) is 0 Å². The molecule has 1 aliphatic heterocycles. The second-order valence-corrected chi connectivity index (χ2v) is 6.21. The van der Waals surface area contributed by atoms with Crippen molar-refractivity contribution in [3.05, 3.63) is 0 Å². The van der Waals surface area contributed by atoms with Crippen LogP contribution in [0, 0.1) is 5.92 Å². The maximum atomic E-state index is 11.8. The summed E-state index contributed by atoms with van der Waals surface area (Å²) >= 11 is 0. The number of ether oxygens (including phenoxy) is 1. The summed E-state index contributed by atoms with van der Waals surface area (Å²) in [4.78, 5) is 11.2. The van der Waals surface area contributed by atoms with Crippen LogP contribution in [0.1, 0.15) is 19.8 Å². The molecule has 0 radical (unpaired) electrons. The van der Waals surface area contributed by atoms with Crippen molar-refractivity contribution in [1.29, 1.82) is 0 Å². The Morgan fingerprint density at radius 2 is 2.19 bits per heavy atom. The normalized spacial score (nSPS) is 23.2. The number of ketones is 1. The standard InChI is InChI=1S/C10H19NO4S/c1-9(12)10-4-3-5-11(8-10)16(13,14)7-6-15-2/h10H,3-8H2,1-2H3. The summed E-state index contributed by atoms with van der Waals surface area (Å²) in [5.74, 6) is -0.0635. The Balaban J connectivity index is 2.62. The SMILES string of the molecule is COCCS(=O)(=O)N1CCCC(C(C)=O)C1. The van der Waals surface area contributed by atoms with Gasteiger partial charge in [-0.15, -0.1) is 0 Å². The van der Waals surface area contributed by atoms with Crippen molar-refractivity contribution >= 4 is 15.8 Å². The van der Waals surface area contributed by atoms with Crippen molar-refractivity contribution in [3.63, 3.8) is 0 Å². The molecule has 0 aromatic carbocycles. The van der Waals surface area contributed by atoms with E-state index in [1.807, 2.05) is 0 Å². The van der Waals surface area contributed by atoms with Gasteiger partial charge in [0.05, 0.1) is 12.4 Å². The molecule has 5 nitrogen and oxygen atoms in total. The molecule has 0 aromatic rings. The monoisotopic (exact) mass is 249 g/mol. The summed E-state index contributed by atoms with van der Waals surface area (Å²) in [7, 11) is -1.78. The Kier molecular flexibility index (Phi) is 4.89. The Morgan fingerprint density at radius 3 is 2.75 bits per heavy atom. The van der Waals surface area contributed by atoms with Gasteiger partial charge in [-0.25, -0.2) is 12.7 Å². The lowest BCUT2D eigenvalue weighted by Crippen LogP contribution is -2.43. The molecule has 1 saturated heterocycles. The maximum absolute atomic E-state index is 11.8. The number of piperidine rings is 1. The van der Waals surface area contributed by atoms with Crippen molar-refractivity contribution < 1.29 is 17.9 Å². The van der Waals surface area contributed by atoms with Gasteiger partial charge in [-0.2, -0.15) is 0 Å². The van der Waals surface area contributed by atoms with E-state index in [0.29, 0.717) is 13.1 Å². The Morgan fingerprint density at radius 1 is 1.50 bits per heavy atom. The molecule has 16 heavy (non-hydrogen) atoms. The highest BCUT2D eigenvalue weighted by atomic mass is 32.2. The van der Waals surface area contributed by atoms with E-state index < -0.39 is 10.0 Å². The molecule has 0 bridgehead atoms. The lowest BCUT2D eigenvalue weighted by molar-refractivity contribution is -0.121. The largest absolute Gasteiger partial charge is 0.384 e. The van der Waals surface area contributed by atoms with Crippen LogP contribution in [0.5, 0.6) is 0 Å². The third-order valence-corrected chi connectivity index (χ3v) is 4.70. The molecule has 94 valence electrons. The van der Waals surface area contributed by atoms with Gasteiger partial charge in [-0.1, -0.05) is 0 Å². The first-order chi connectivity index (χ1) is 7.47. The minimum Gasteiger partial charge on any atom is -0.384 e. The number of nitrogens with zero attached hydrogens (tertiary/aromatic N) is 1. The van der Waals surface area contributed by atoms with Crippen LogP contribution < -0.4 is 0 Å². The van der Waals surface area contributed by atoms with E-state index >= 15 is 0 Å². The van der Waals surface area contributed by atoms with E-state index in [0.717, 1.165) is 12.8 Å². The minimum atomic E-state index is -3.26. The van der Waals surface area contributed by atoms with Gasteiger partial charge < -0.3 is 4.74 Å². The van der Waals surface area contributed by atoms with Crippen LogP contribution >= 0.6 is 0 Å². The molecular formula is C10H19NO4S. The van der Waals surface area contributed by atoms with Gasteiger partial charge in [-0.05, 0) is 19.8 Å². The van der Waals surface area contributed by atoms with Gasteiger partial charge >= 0.3 is 0 Å². The molecule has 0 N–H and O–H groups in total. The highest BCUT2D eigenvalue weighted by Crippen LogP contribution is 2.20. The average molecular weight is 249 g/mol. The van der Waals surface area contributed by atoms with Crippen molar-refractivity contribution in [2.45, 2.75) is 19.8 Å². The highest BCUT2D eigenvalue weighted by molar-refractivity contribution is 7.89. The van der Waals surface area contributed by atoms with E-state index in [9.17, 15) is 13.2 Å². The smallest absolute Gasteiger partial charge is 0.216 e. The van der Waals surface area contributed by atoms with Gasteiger partial charge in [-0.3, -0.25) is 4.79 Å². The van der Waals surface area contributed by atoms with Crippen LogP contribution in [0.4, 0.5) is 0 Å². The Labute approximate surface area is 96.8 Å². The summed E-state index contributed by atoms with van der Waals surface area (Å²) in [5.41, 5.74) is 0. The molecule has 0 saturated carbocycles. The lowest BCUT2D eigenvalue weighted by atomic mass is 9.96. The van der Waals surface area contributed by atoms with Crippen LogP contribution in [0.15, 0.2) is 0 Å². The molecular weight excluding hydrogens is 230 g/mol. The van der Waals surface area contributed by atoms with Crippen molar-refractivity contribution in [2.24, 2.45) is 5.92 Å². The zero-order valence-corrected chi connectivity index (χ0v) is 10.6. The molecule has 1 unspecified atom stereocenters. The zero-order chi connectivity index (χ0) is 12.2. The molecule has 1 atom stereocenters. The highest BCUT2D eigenvalue weighted by Gasteiger charge is 2.30. The summed E-state index contributed by atoms with van der Waals surface area (Å²) < 4.78 is 29.9. The summed E-state index contributed by atoms with van der Waals surface area (Å²) in [6.45, 7) is 2.58. The molecule has 6 heteroatoms. The van der Waals surface area contributed by atoms with E-state index in [1.54, 1.807) is 0 Å². The third-order valence-electron chi connectivity index (χ3n) is 2.90. The fourth-order valence-corrected chi connectivity index (χ4v) is 3.29. The van der Waals surface area contributed by atoms with Crippen molar-refractivity contribution in [1.82, 2.24) is 4.31 Å². The van der Waals surface area contributed by atoms with Gasteiger partial charge in [0, 0.05) is 26.1 Å². The third kappa shape index (κ3) is 3.54. The zero-order valence-electron chi connectivity index (χ0n) is 9.81. The number of hydrogen-bond acceptors (Lipinski definition) is 4. The first-order valence-corrected chi connectivity index (χ1v) is 7.05. The fraction of sp³-hybridized carbons (Fsp3) is 0.900. The molecule has 1 aliphatic rings. The number of carbonyl (C=O) groups is 1. The maximum Gasteiger partial charge on any atom is 0.216 e. The number of methoxy groups -OCH3 is 1. The number of carbonyl (C=O) groups excluding carboxylic acids is 1. The van der Waals surface area contributed by atoms with Gasteiger partial charge in [0.1, 0.15) is 5.78 Å². The second kappa shape index (κ2) is 5.75. The van der Waals surface area contributed by atoms with Crippen LogP contribution in [0.3, 0.4) is 0 Å². The van der Waals surface area contributed by atoms with Gasteiger partial charge in [0.15, 0.2) is 0 Å². The first-order valence-electron chi connectivity index (χ1n) is 5.44. The van der Waals surface area contributed by atoms with E-state index in [4.69, 9.17) is 4.74 Å². The Hall–Kier alpha value is -0.460. The van der Waals surface area contributed by atoms with E-state index in [1.165, 1.54) is 18.3 Å². The van der Waals surface area contributed by atoms with E-state index in [-0.39, 0.29) is 24.1 Å². The summed E-state index contributed by atoms with van der Waals surface area (Å²) in [5, 5.41) is 0. The Bertz CT molecular complexity index is 339. The first kappa shape index (κ1) is 13.6. The quantitative estimate of drug-likeness (QED) is 0.701. The molecule has 0 spiro atoms. The number of hydrogen-bond donors (Lipinski definition) is 0. The topological polar surface area (TPSA) is 63.7 Å². The van der Waals surface area contributed by atoms with Crippen LogP contribution in [-0.2, 0) is 19.6 Å². The molecule has 1 fully saturated rings. The number of sulfonamides is 1. The van der Waals surface area contributed by atoms with Gasteiger partial charge in [0.25, 0.3) is 0 Å². The predicted molar refractivity (Wildman–Crippen MR) is 60.6 cm³/mol. The average Bonchev–Trinajstić information content (AvgIpc) is 2.26. The summed E-state index contributed by atoms with van der Waals surface area (Å²) in [6.07, 6.45) is 1.56. The second-order valence-electron chi connectivity index (χ2n) is 4.12. The lowest BCUT2D eigenvalue weighted by Gasteiger charge is -2.30. The number of Topliss-reactive ketones (excluding diaryl/α,β-unsaturated/α-hetero) is 1. The van der Waals surface area contributed by atoms with E-state index in [2.05, 4.69) is 0 Å². The molecule has 1 rings (SSSR count). The van der Waals surface area contributed by atoms with Crippen LogP contribution in [-0.4, -0.2) is 51.1 Å². The number of rotatable bonds is 5. The fourth-order valence-electron chi connectivity index (χ4n) is 1.84.